The summed E-state index contributed by atoms with van der Waals surface area (Å²) < 4.78 is 17.4. The molecule has 0 unspecified atom stereocenters. The summed E-state index contributed by atoms with van der Waals surface area (Å²) in [7, 11) is 0. The molecule has 2 fully saturated rings. The van der Waals surface area contributed by atoms with Gasteiger partial charge in [0, 0.05) is 37.1 Å². The zero-order valence-electron chi connectivity index (χ0n) is 16.9. The fourth-order valence-electron chi connectivity index (χ4n) is 3.87. The van der Waals surface area contributed by atoms with Crippen LogP contribution in [0.4, 0.5) is 4.79 Å². The number of hydrogen-bond acceptors (Lipinski definition) is 5. The van der Waals surface area contributed by atoms with E-state index in [1.54, 1.807) is 0 Å². The van der Waals surface area contributed by atoms with Crippen LogP contribution in [0.1, 0.15) is 66.2 Å². The van der Waals surface area contributed by atoms with Crippen molar-refractivity contribution >= 4 is 6.09 Å². The van der Waals surface area contributed by atoms with E-state index in [0.29, 0.717) is 18.4 Å². The van der Waals surface area contributed by atoms with Crippen LogP contribution in [-0.2, 0) is 4.74 Å². The predicted molar refractivity (Wildman–Crippen MR) is 103 cm³/mol. The van der Waals surface area contributed by atoms with Gasteiger partial charge < -0.3 is 19.1 Å². The topological polar surface area (TPSA) is 60.9 Å². The van der Waals surface area contributed by atoms with Crippen molar-refractivity contribution < 1.29 is 19.0 Å². The molecule has 3 heterocycles. The molecule has 2 aliphatic rings. The summed E-state index contributed by atoms with van der Waals surface area (Å²) >= 11 is 0. The number of hydrogen-bond donors (Lipinski definition) is 0. The first-order valence-corrected chi connectivity index (χ1v) is 10.1. The van der Waals surface area contributed by atoms with Gasteiger partial charge >= 0.3 is 6.09 Å². The van der Waals surface area contributed by atoms with Crippen LogP contribution in [0.25, 0.3) is 0 Å². The van der Waals surface area contributed by atoms with Gasteiger partial charge in [0.15, 0.2) is 0 Å². The molecule has 0 aliphatic carbocycles. The van der Waals surface area contributed by atoms with Crippen molar-refractivity contribution in [2.45, 2.75) is 90.0 Å². The normalized spacial score (nSPS) is 24.6. The molecule has 2 bridgehead atoms. The molecule has 150 valence electrons. The highest BCUT2D eigenvalue weighted by atomic mass is 16.6. The van der Waals surface area contributed by atoms with Crippen LogP contribution in [0.3, 0.4) is 0 Å². The van der Waals surface area contributed by atoms with E-state index in [-0.39, 0.29) is 24.3 Å². The summed E-state index contributed by atoms with van der Waals surface area (Å²) in [4.78, 5) is 18.9. The monoisotopic (exact) mass is 376 g/mol. The first-order valence-electron chi connectivity index (χ1n) is 10.1. The molecule has 2 aliphatic heterocycles. The maximum Gasteiger partial charge on any atom is 0.410 e. The third-order valence-corrected chi connectivity index (χ3v) is 5.03. The molecule has 1 aromatic heterocycles. The summed E-state index contributed by atoms with van der Waals surface area (Å²) in [6, 6.07) is 6.01. The number of fused-ring (bicyclic) bond motifs is 2. The Kier molecular flexibility index (Phi) is 6.12. The second-order valence-corrected chi connectivity index (χ2v) is 8.50. The average Bonchev–Trinajstić information content (AvgIpc) is 2.85. The Morgan fingerprint density at radius 1 is 1.19 bits per heavy atom. The number of aromatic nitrogens is 1. The van der Waals surface area contributed by atoms with E-state index in [1.807, 2.05) is 43.9 Å². The molecule has 6 heteroatoms. The quantitative estimate of drug-likeness (QED) is 0.681. The maximum atomic E-state index is 12.5. The number of nitrogens with zero attached hydrogens (tertiary/aromatic N) is 2. The van der Waals surface area contributed by atoms with Crippen molar-refractivity contribution in [3.8, 4) is 11.8 Å². The molecule has 1 amide bonds. The summed E-state index contributed by atoms with van der Waals surface area (Å²) in [5.74, 6) is 1.20. The van der Waals surface area contributed by atoms with Crippen molar-refractivity contribution in [3.63, 3.8) is 0 Å². The van der Waals surface area contributed by atoms with Crippen molar-refractivity contribution in [3.05, 3.63) is 18.2 Å². The van der Waals surface area contributed by atoms with Crippen LogP contribution < -0.4 is 9.47 Å². The standard InChI is InChI=1S/C21H32N2O4/c1-5-6-12-25-18-8-7-9-19(22-18)26-17-13-15-10-11-16(14-17)23(15)20(24)27-21(2,3)4/h7-9,15-17H,5-6,10-14H2,1-4H3/t15-,16+,17+. The molecule has 3 rings (SSSR count). The number of unbranched alkanes of at least 4 members (excludes halogenated alkanes) is 1. The predicted octanol–water partition coefficient (Wildman–Crippen LogP) is 4.57. The van der Waals surface area contributed by atoms with Crippen molar-refractivity contribution in [1.29, 1.82) is 0 Å². The van der Waals surface area contributed by atoms with Crippen molar-refractivity contribution in [2.24, 2.45) is 0 Å². The van der Waals surface area contributed by atoms with Gasteiger partial charge in [0.25, 0.3) is 0 Å². The third-order valence-electron chi connectivity index (χ3n) is 5.03. The smallest absolute Gasteiger partial charge is 0.410 e. The molecule has 1 aromatic rings. The Morgan fingerprint density at radius 2 is 1.85 bits per heavy atom. The molecule has 27 heavy (non-hydrogen) atoms. The van der Waals surface area contributed by atoms with Gasteiger partial charge in [0.1, 0.15) is 11.7 Å². The second kappa shape index (κ2) is 8.36. The van der Waals surface area contributed by atoms with E-state index in [0.717, 1.165) is 38.5 Å². The summed E-state index contributed by atoms with van der Waals surface area (Å²) in [6.07, 6.45) is 5.64. The largest absolute Gasteiger partial charge is 0.478 e. The zero-order chi connectivity index (χ0) is 19.4. The average molecular weight is 376 g/mol. The summed E-state index contributed by atoms with van der Waals surface area (Å²) in [6.45, 7) is 8.53. The Bertz CT molecular complexity index is 629. The van der Waals surface area contributed by atoms with Gasteiger partial charge in [-0.1, -0.05) is 19.4 Å². The number of carbonyl (C=O) groups is 1. The fraction of sp³-hybridized carbons (Fsp3) is 0.714. The second-order valence-electron chi connectivity index (χ2n) is 8.50. The molecule has 0 N–H and O–H groups in total. The van der Waals surface area contributed by atoms with Crippen molar-refractivity contribution in [1.82, 2.24) is 9.88 Å². The summed E-state index contributed by atoms with van der Waals surface area (Å²) in [5, 5.41) is 0. The van der Waals surface area contributed by atoms with Crippen molar-refractivity contribution in [2.75, 3.05) is 6.61 Å². The van der Waals surface area contributed by atoms with Crippen LogP contribution in [0.5, 0.6) is 11.8 Å². The van der Waals surface area contributed by atoms with E-state index < -0.39 is 5.60 Å². The van der Waals surface area contributed by atoms with Gasteiger partial charge in [-0.3, -0.25) is 0 Å². The molecule has 3 atom stereocenters. The molecule has 0 saturated carbocycles. The molecule has 0 aromatic carbocycles. The lowest BCUT2D eigenvalue weighted by Crippen LogP contribution is -2.50. The van der Waals surface area contributed by atoms with E-state index in [1.165, 1.54) is 0 Å². The molecule has 0 radical (unpaired) electrons. The van der Waals surface area contributed by atoms with E-state index in [9.17, 15) is 4.79 Å². The van der Waals surface area contributed by atoms with Gasteiger partial charge in [-0.25, -0.2) is 4.79 Å². The van der Waals surface area contributed by atoms with Gasteiger partial charge in [-0.2, -0.15) is 4.98 Å². The first-order chi connectivity index (χ1) is 12.9. The highest BCUT2D eigenvalue weighted by molar-refractivity contribution is 5.69. The number of piperidine rings is 1. The highest BCUT2D eigenvalue weighted by Crippen LogP contribution is 2.38. The van der Waals surface area contributed by atoms with E-state index in [2.05, 4.69) is 11.9 Å². The maximum absolute atomic E-state index is 12.5. The molecular formula is C21H32N2O4. The number of carbonyl (C=O) groups excluding carboxylic acids is 1. The first kappa shape index (κ1) is 19.8. The van der Waals surface area contributed by atoms with Crippen LogP contribution in [-0.4, -0.2) is 46.4 Å². The third kappa shape index (κ3) is 5.27. The Balaban J connectivity index is 1.57. The van der Waals surface area contributed by atoms with Crippen LogP contribution >= 0.6 is 0 Å². The molecule has 6 nitrogen and oxygen atoms in total. The minimum atomic E-state index is -0.466. The van der Waals surface area contributed by atoms with E-state index >= 15 is 0 Å². The minimum absolute atomic E-state index is 0.0691. The lowest BCUT2D eigenvalue weighted by Gasteiger charge is -2.39. The highest BCUT2D eigenvalue weighted by Gasteiger charge is 2.45. The number of ether oxygens (including phenoxy) is 3. The molecule has 0 spiro atoms. The molecule has 2 saturated heterocycles. The van der Waals surface area contributed by atoms with Crippen LogP contribution in [0.15, 0.2) is 18.2 Å². The van der Waals surface area contributed by atoms with Gasteiger partial charge in [-0.05, 0) is 40.0 Å². The number of pyridine rings is 1. The lowest BCUT2D eigenvalue weighted by molar-refractivity contribution is -0.00764. The van der Waals surface area contributed by atoms with E-state index in [4.69, 9.17) is 14.2 Å². The fourth-order valence-corrected chi connectivity index (χ4v) is 3.87. The van der Waals surface area contributed by atoms with Gasteiger partial charge in [0.05, 0.1) is 6.61 Å². The molecular weight excluding hydrogens is 344 g/mol. The number of amides is 1. The lowest BCUT2D eigenvalue weighted by atomic mass is 10.0. The minimum Gasteiger partial charge on any atom is -0.478 e. The van der Waals surface area contributed by atoms with Crippen LogP contribution in [0, 0.1) is 0 Å². The summed E-state index contributed by atoms with van der Waals surface area (Å²) in [5.41, 5.74) is -0.466. The Hall–Kier alpha value is -1.98. The Morgan fingerprint density at radius 3 is 2.48 bits per heavy atom. The SMILES string of the molecule is CCCCOc1cccc(O[C@H]2C[C@H]3CC[C@@H](C2)N3C(=O)OC(C)(C)C)n1. The van der Waals surface area contributed by atoms with Crippen LogP contribution in [0.2, 0.25) is 0 Å². The Labute approximate surface area is 162 Å². The number of rotatable bonds is 6. The zero-order valence-corrected chi connectivity index (χ0v) is 16.9. The van der Waals surface area contributed by atoms with Gasteiger partial charge in [0.2, 0.25) is 11.8 Å². The van der Waals surface area contributed by atoms with Gasteiger partial charge in [-0.15, -0.1) is 0 Å².